The summed E-state index contributed by atoms with van der Waals surface area (Å²) in [6.07, 6.45) is 1.44. The van der Waals surface area contributed by atoms with Crippen molar-refractivity contribution in [1.82, 2.24) is 15.5 Å². The third kappa shape index (κ3) is 3.10. The minimum atomic E-state index is -0.998. The molecular weight excluding hydrogens is 362 g/mol. The molecule has 3 amide bonds. The predicted octanol–water partition coefficient (Wildman–Crippen LogP) is 0.0386. The largest absolute Gasteiger partial charge is 0.394 e. The van der Waals surface area contributed by atoms with E-state index in [1.165, 1.54) is 4.90 Å². The van der Waals surface area contributed by atoms with Gasteiger partial charge in [-0.25, -0.2) is 0 Å². The molecule has 3 rings (SSSR count). The Bertz CT molecular complexity index is 652. The Morgan fingerprint density at radius 1 is 1.29 bits per heavy atom. The summed E-state index contributed by atoms with van der Waals surface area (Å²) < 4.78 is 6.27. The van der Waals surface area contributed by atoms with Crippen LogP contribution in [0.5, 0.6) is 0 Å². The monoisotopic (exact) mass is 395 g/mol. The molecule has 0 aromatic carbocycles. The number of fused-ring (bicyclic) bond motifs is 1. The van der Waals surface area contributed by atoms with Crippen molar-refractivity contribution in [3.8, 4) is 0 Å². The van der Waals surface area contributed by atoms with Gasteiger partial charge < -0.3 is 25.4 Å². The van der Waals surface area contributed by atoms with Crippen LogP contribution in [0.4, 0.5) is 0 Å². The first-order valence-electron chi connectivity index (χ1n) is 10.3. The highest BCUT2D eigenvalue weighted by molar-refractivity contribution is 5.99. The van der Waals surface area contributed by atoms with E-state index in [2.05, 4.69) is 10.6 Å². The standard InChI is InChI=1S/C20H33N3O5/c1-10(2)8-12(9-24)23-16(18(26)22-11(3)4)20-7-6-13(28-20)14(17(25)21-5)15(20)19(23)27/h10-16,24H,6-9H2,1-5H3,(H,21,25)(H,22,26)/t12-,13+,14-,15+,16?,20?/m1/s1. The number of nitrogens with one attached hydrogen (secondary N) is 2. The lowest BCUT2D eigenvalue weighted by atomic mass is 9.70. The zero-order chi connectivity index (χ0) is 20.8. The second-order valence-corrected chi connectivity index (χ2v) is 9.04. The average Bonchev–Trinajstić information content (AvgIpc) is 3.25. The number of ether oxygens (including phenoxy) is 1. The molecule has 0 aromatic rings. The van der Waals surface area contributed by atoms with Crippen molar-refractivity contribution in [2.75, 3.05) is 13.7 Å². The highest BCUT2D eigenvalue weighted by Gasteiger charge is 2.74. The Hall–Kier alpha value is -1.67. The van der Waals surface area contributed by atoms with E-state index in [1.807, 2.05) is 27.7 Å². The molecule has 8 nitrogen and oxygen atoms in total. The molecule has 3 heterocycles. The highest BCUT2D eigenvalue weighted by Crippen LogP contribution is 2.58. The Morgan fingerprint density at radius 3 is 2.50 bits per heavy atom. The molecule has 158 valence electrons. The van der Waals surface area contributed by atoms with Crippen LogP contribution in [-0.4, -0.2) is 71.2 Å². The van der Waals surface area contributed by atoms with E-state index in [0.29, 0.717) is 19.3 Å². The predicted molar refractivity (Wildman–Crippen MR) is 102 cm³/mol. The average molecular weight is 396 g/mol. The molecule has 3 fully saturated rings. The van der Waals surface area contributed by atoms with E-state index >= 15 is 0 Å². The van der Waals surface area contributed by atoms with Gasteiger partial charge in [0.25, 0.3) is 0 Å². The van der Waals surface area contributed by atoms with Crippen molar-refractivity contribution in [2.24, 2.45) is 17.8 Å². The Labute approximate surface area is 166 Å². The topological polar surface area (TPSA) is 108 Å². The van der Waals surface area contributed by atoms with E-state index in [4.69, 9.17) is 4.74 Å². The maximum Gasteiger partial charge on any atom is 0.246 e. The van der Waals surface area contributed by atoms with Gasteiger partial charge in [-0.3, -0.25) is 14.4 Å². The quantitative estimate of drug-likeness (QED) is 0.564. The first kappa shape index (κ1) is 21.0. The molecule has 0 saturated carbocycles. The summed E-state index contributed by atoms with van der Waals surface area (Å²) in [6, 6.07) is -1.41. The second kappa shape index (κ2) is 7.63. The summed E-state index contributed by atoms with van der Waals surface area (Å²) in [6.45, 7) is 7.53. The molecule has 2 bridgehead atoms. The molecule has 1 spiro atoms. The number of aliphatic hydroxyl groups excluding tert-OH is 1. The lowest BCUT2D eigenvalue weighted by Crippen LogP contribution is -2.59. The summed E-state index contributed by atoms with van der Waals surface area (Å²) in [5, 5.41) is 15.6. The van der Waals surface area contributed by atoms with Crippen molar-refractivity contribution < 1.29 is 24.2 Å². The first-order valence-corrected chi connectivity index (χ1v) is 10.3. The summed E-state index contributed by atoms with van der Waals surface area (Å²) in [4.78, 5) is 40.9. The van der Waals surface area contributed by atoms with Crippen molar-refractivity contribution >= 4 is 17.7 Å². The highest BCUT2D eigenvalue weighted by atomic mass is 16.5. The van der Waals surface area contributed by atoms with Gasteiger partial charge in [0, 0.05) is 13.1 Å². The Balaban J connectivity index is 2.05. The summed E-state index contributed by atoms with van der Waals surface area (Å²) in [5.41, 5.74) is -0.998. The molecule has 3 aliphatic heterocycles. The molecule has 3 N–H and O–H groups in total. The van der Waals surface area contributed by atoms with Crippen molar-refractivity contribution in [3.63, 3.8) is 0 Å². The van der Waals surface area contributed by atoms with Crippen LogP contribution in [0.25, 0.3) is 0 Å². The fourth-order valence-electron chi connectivity index (χ4n) is 5.43. The minimum absolute atomic E-state index is 0.0917. The smallest absolute Gasteiger partial charge is 0.246 e. The molecule has 28 heavy (non-hydrogen) atoms. The molecule has 0 aliphatic carbocycles. The minimum Gasteiger partial charge on any atom is -0.394 e. The van der Waals surface area contributed by atoms with Gasteiger partial charge >= 0.3 is 0 Å². The van der Waals surface area contributed by atoms with E-state index in [-0.39, 0.29) is 42.4 Å². The van der Waals surface area contributed by atoms with Gasteiger partial charge in [0.15, 0.2) is 0 Å². The van der Waals surface area contributed by atoms with Crippen LogP contribution in [0.3, 0.4) is 0 Å². The van der Waals surface area contributed by atoms with Gasteiger partial charge in [-0.2, -0.15) is 0 Å². The Morgan fingerprint density at radius 2 is 1.96 bits per heavy atom. The van der Waals surface area contributed by atoms with Crippen molar-refractivity contribution in [2.45, 2.75) is 76.8 Å². The van der Waals surface area contributed by atoms with Crippen LogP contribution in [0.1, 0.15) is 47.0 Å². The van der Waals surface area contributed by atoms with Gasteiger partial charge in [0.05, 0.1) is 30.6 Å². The number of carbonyl (C=O) groups excluding carboxylic acids is 3. The van der Waals surface area contributed by atoms with Gasteiger partial charge in [-0.1, -0.05) is 13.8 Å². The van der Waals surface area contributed by atoms with Gasteiger partial charge in [-0.15, -0.1) is 0 Å². The Kier molecular flexibility index (Phi) is 5.74. The second-order valence-electron chi connectivity index (χ2n) is 9.04. The summed E-state index contributed by atoms with van der Waals surface area (Å²) in [5.74, 6) is -1.78. The van der Waals surface area contributed by atoms with Gasteiger partial charge in [-0.05, 0) is 39.0 Å². The van der Waals surface area contributed by atoms with Crippen LogP contribution >= 0.6 is 0 Å². The third-order valence-corrected chi connectivity index (χ3v) is 6.31. The van der Waals surface area contributed by atoms with Crippen molar-refractivity contribution in [1.29, 1.82) is 0 Å². The first-order chi connectivity index (χ1) is 13.2. The number of rotatable bonds is 7. The zero-order valence-corrected chi connectivity index (χ0v) is 17.4. The maximum absolute atomic E-state index is 13.6. The molecule has 3 aliphatic rings. The molecule has 0 radical (unpaired) electrons. The van der Waals surface area contributed by atoms with Crippen molar-refractivity contribution in [3.05, 3.63) is 0 Å². The normalized spacial score (nSPS) is 34.9. The van der Waals surface area contributed by atoms with E-state index < -0.39 is 29.5 Å². The fraction of sp³-hybridized carbons (Fsp3) is 0.850. The lowest BCUT2D eigenvalue weighted by molar-refractivity contribution is -0.146. The number of aliphatic hydroxyl groups is 1. The molecular formula is C20H33N3O5. The SMILES string of the molecule is CNC(=O)[C@@H]1[C@@H]2CCC3(O2)C(C(=O)NC(C)C)N([C@@H](CO)CC(C)C)C(=O)[C@H]13. The van der Waals surface area contributed by atoms with Crippen LogP contribution in [-0.2, 0) is 19.1 Å². The van der Waals surface area contributed by atoms with Crippen LogP contribution in [0.2, 0.25) is 0 Å². The molecule has 3 saturated heterocycles. The molecule has 0 aromatic heterocycles. The number of nitrogens with zero attached hydrogens (tertiary/aromatic N) is 1. The number of carbonyl (C=O) groups is 3. The summed E-state index contributed by atoms with van der Waals surface area (Å²) in [7, 11) is 1.55. The summed E-state index contributed by atoms with van der Waals surface area (Å²) >= 11 is 0. The van der Waals surface area contributed by atoms with E-state index in [9.17, 15) is 19.5 Å². The van der Waals surface area contributed by atoms with Gasteiger partial charge in [0.2, 0.25) is 17.7 Å². The molecule has 6 atom stereocenters. The van der Waals surface area contributed by atoms with E-state index in [0.717, 1.165) is 0 Å². The van der Waals surface area contributed by atoms with Crippen LogP contribution in [0, 0.1) is 17.8 Å². The number of amides is 3. The number of hydrogen-bond donors (Lipinski definition) is 3. The molecule has 2 unspecified atom stereocenters. The lowest BCUT2D eigenvalue weighted by Gasteiger charge is -2.37. The van der Waals surface area contributed by atoms with Gasteiger partial charge in [0.1, 0.15) is 11.6 Å². The maximum atomic E-state index is 13.6. The number of likely N-dealkylation sites (tertiary alicyclic amines) is 1. The zero-order valence-electron chi connectivity index (χ0n) is 17.4. The van der Waals surface area contributed by atoms with E-state index in [1.54, 1.807) is 7.05 Å². The fourth-order valence-corrected chi connectivity index (χ4v) is 5.43. The van der Waals surface area contributed by atoms with Crippen LogP contribution < -0.4 is 10.6 Å². The van der Waals surface area contributed by atoms with Crippen LogP contribution in [0.15, 0.2) is 0 Å². The molecule has 8 heteroatoms. The third-order valence-electron chi connectivity index (χ3n) is 6.31. The number of hydrogen-bond acceptors (Lipinski definition) is 5.